The Balaban J connectivity index is 1.23. The quantitative estimate of drug-likeness (QED) is 0.320. The molecule has 0 atom stereocenters. The maximum atomic E-state index is 13.2. The Morgan fingerprint density at radius 1 is 0.929 bits per heavy atom. The van der Waals surface area contributed by atoms with Crippen LogP contribution in [0.5, 0.6) is 0 Å². The highest BCUT2D eigenvalue weighted by Crippen LogP contribution is 2.27. The molecule has 1 aliphatic rings. The molecule has 2 aromatic carbocycles. The number of nitrogens with two attached hydrogens (primary N) is 1. The zero-order valence-electron chi connectivity index (χ0n) is 23.3. The first-order chi connectivity index (χ1) is 20.4. The molecule has 5 aromatic rings. The van der Waals surface area contributed by atoms with Crippen molar-refractivity contribution in [1.29, 1.82) is 0 Å². The van der Waals surface area contributed by atoms with Crippen LogP contribution in [0.2, 0.25) is 0 Å². The second kappa shape index (κ2) is 11.3. The molecule has 4 heterocycles. The summed E-state index contributed by atoms with van der Waals surface area (Å²) in [6.45, 7) is 4.66. The van der Waals surface area contributed by atoms with E-state index in [2.05, 4.69) is 15.2 Å². The number of ether oxygens (including phenoxy) is 1. The van der Waals surface area contributed by atoms with E-state index in [9.17, 15) is 9.59 Å². The van der Waals surface area contributed by atoms with Gasteiger partial charge in [-0.2, -0.15) is 0 Å². The summed E-state index contributed by atoms with van der Waals surface area (Å²) in [4.78, 5) is 42.6. The Morgan fingerprint density at radius 3 is 2.40 bits per heavy atom. The van der Waals surface area contributed by atoms with Crippen molar-refractivity contribution in [2.24, 2.45) is 7.05 Å². The van der Waals surface area contributed by atoms with Crippen LogP contribution in [0.3, 0.4) is 0 Å². The predicted octanol–water partition coefficient (Wildman–Crippen LogP) is 3.67. The van der Waals surface area contributed by atoms with Crippen molar-refractivity contribution >= 4 is 23.2 Å². The number of hydrogen-bond acceptors (Lipinski definition) is 8. The number of rotatable bonds is 6. The van der Waals surface area contributed by atoms with Crippen LogP contribution in [0.25, 0.3) is 28.3 Å². The molecule has 6 rings (SSSR count). The average Bonchev–Trinajstić information content (AvgIpc) is 3.25. The summed E-state index contributed by atoms with van der Waals surface area (Å²) in [5.74, 6) is 0.657. The lowest BCUT2D eigenvalue weighted by Crippen LogP contribution is -2.36. The Morgan fingerprint density at radius 2 is 1.67 bits per heavy atom. The third-order valence-corrected chi connectivity index (χ3v) is 7.33. The molecule has 42 heavy (non-hydrogen) atoms. The van der Waals surface area contributed by atoms with Gasteiger partial charge in [0, 0.05) is 31.4 Å². The van der Waals surface area contributed by atoms with Gasteiger partial charge in [-0.3, -0.25) is 14.3 Å². The average molecular weight is 563 g/mol. The monoisotopic (exact) mass is 562 g/mol. The van der Waals surface area contributed by atoms with E-state index in [4.69, 9.17) is 20.4 Å². The summed E-state index contributed by atoms with van der Waals surface area (Å²) in [5.41, 5.74) is 10.2. The maximum absolute atomic E-state index is 13.2. The first kappa shape index (κ1) is 26.9. The van der Waals surface area contributed by atoms with Gasteiger partial charge < -0.3 is 20.7 Å². The summed E-state index contributed by atoms with van der Waals surface area (Å²) in [6, 6.07) is 22.1. The summed E-state index contributed by atoms with van der Waals surface area (Å²) >= 11 is 0. The Bertz CT molecular complexity index is 1810. The van der Waals surface area contributed by atoms with Crippen LogP contribution in [-0.2, 0) is 11.8 Å². The maximum Gasteiger partial charge on any atom is 0.284 e. The summed E-state index contributed by atoms with van der Waals surface area (Å²) in [7, 11) is 1.75. The Labute approximate surface area is 242 Å². The van der Waals surface area contributed by atoms with Crippen molar-refractivity contribution < 1.29 is 9.53 Å². The number of nitrogen functional groups attached to an aromatic ring is 1. The van der Waals surface area contributed by atoms with Crippen LogP contribution in [0.4, 0.5) is 17.3 Å². The molecule has 11 heteroatoms. The molecular weight excluding hydrogens is 532 g/mol. The highest BCUT2D eigenvalue weighted by molar-refractivity contribution is 6.05. The molecule has 0 spiro atoms. The molecule has 1 fully saturated rings. The fourth-order valence-electron chi connectivity index (χ4n) is 5.00. The van der Waals surface area contributed by atoms with Crippen molar-refractivity contribution in [3.63, 3.8) is 0 Å². The number of benzene rings is 2. The highest BCUT2D eigenvalue weighted by Gasteiger charge is 2.22. The van der Waals surface area contributed by atoms with E-state index in [0.29, 0.717) is 47.4 Å². The van der Waals surface area contributed by atoms with Gasteiger partial charge in [-0.1, -0.05) is 36.4 Å². The molecule has 11 nitrogen and oxygen atoms in total. The molecule has 0 bridgehead atoms. The summed E-state index contributed by atoms with van der Waals surface area (Å²) in [5, 5.41) is 2.84. The molecule has 1 saturated heterocycles. The first-order valence-corrected chi connectivity index (χ1v) is 13.6. The van der Waals surface area contributed by atoms with Crippen molar-refractivity contribution in [2.75, 3.05) is 42.3 Å². The van der Waals surface area contributed by atoms with Crippen LogP contribution in [0, 0.1) is 6.92 Å². The van der Waals surface area contributed by atoms with E-state index in [0.717, 1.165) is 24.5 Å². The van der Waals surface area contributed by atoms with Crippen molar-refractivity contribution in [1.82, 2.24) is 24.3 Å². The summed E-state index contributed by atoms with van der Waals surface area (Å²) in [6.07, 6.45) is 1.61. The van der Waals surface area contributed by atoms with Gasteiger partial charge >= 0.3 is 0 Å². The SMILES string of the molecule is Cc1c(C(=O)Nc2ccc(-c3nc(-c4cccc(N5CCOCC5)n4)cnc3N)cc2)c(=O)n(-c2ccccc2)n1C. The molecule has 212 valence electrons. The second-order valence-electron chi connectivity index (χ2n) is 9.94. The van der Waals surface area contributed by atoms with E-state index in [1.54, 1.807) is 49.1 Å². The molecule has 0 aliphatic carbocycles. The van der Waals surface area contributed by atoms with Crippen LogP contribution in [-0.4, -0.2) is 56.5 Å². The van der Waals surface area contributed by atoms with Gasteiger partial charge in [0.1, 0.15) is 28.6 Å². The zero-order valence-corrected chi connectivity index (χ0v) is 23.3. The zero-order chi connectivity index (χ0) is 29.2. The number of morpholine rings is 1. The van der Waals surface area contributed by atoms with Crippen LogP contribution in [0.1, 0.15) is 16.1 Å². The lowest BCUT2D eigenvalue weighted by atomic mass is 10.1. The van der Waals surface area contributed by atoms with E-state index in [1.807, 2.05) is 48.5 Å². The molecule has 3 aromatic heterocycles. The van der Waals surface area contributed by atoms with E-state index in [1.165, 1.54) is 4.68 Å². The van der Waals surface area contributed by atoms with Crippen LogP contribution >= 0.6 is 0 Å². The number of aromatic nitrogens is 5. The number of amides is 1. The molecule has 0 saturated carbocycles. The Kier molecular flexibility index (Phi) is 7.24. The fraction of sp³-hybridized carbons (Fsp3) is 0.194. The number of nitrogens with zero attached hydrogens (tertiary/aromatic N) is 6. The normalized spacial score (nSPS) is 13.2. The number of carbonyl (C=O) groups excluding carboxylic acids is 1. The third-order valence-electron chi connectivity index (χ3n) is 7.33. The smallest absolute Gasteiger partial charge is 0.284 e. The lowest BCUT2D eigenvalue weighted by Gasteiger charge is -2.28. The van der Waals surface area contributed by atoms with Crippen molar-refractivity contribution in [2.45, 2.75) is 6.92 Å². The Hall–Kier alpha value is -5.29. The van der Waals surface area contributed by atoms with Gasteiger partial charge in [-0.25, -0.2) is 19.6 Å². The van der Waals surface area contributed by atoms with Gasteiger partial charge in [-0.05, 0) is 43.3 Å². The topological polar surface area (TPSA) is 133 Å². The number of hydrogen-bond donors (Lipinski definition) is 2. The second-order valence-corrected chi connectivity index (χ2v) is 9.94. The predicted molar refractivity (Wildman–Crippen MR) is 162 cm³/mol. The van der Waals surface area contributed by atoms with Gasteiger partial charge in [0.25, 0.3) is 11.5 Å². The first-order valence-electron chi connectivity index (χ1n) is 13.6. The molecule has 3 N–H and O–H groups in total. The molecule has 1 amide bonds. The summed E-state index contributed by atoms with van der Waals surface area (Å²) < 4.78 is 8.61. The van der Waals surface area contributed by atoms with Crippen LogP contribution in [0.15, 0.2) is 83.8 Å². The number of para-hydroxylation sites is 1. The highest BCUT2D eigenvalue weighted by atomic mass is 16.5. The molecule has 1 aliphatic heterocycles. The standard InChI is InChI=1S/C31H30N8O3/c1-20-27(31(41)39(37(20)2)23-7-4-3-5-8-23)30(40)34-22-13-11-21(12-14-22)28-29(32)33-19-25(36-28)24-9-6-10-26(35-24)38-15-17-42-18-16-38/h3-14,19H,15-18H2,1-2H3,(H2,32,33)(H,34,40). The largest absolute Gasteiger partial charge is 0.382 e. The van der Waals surface area contributed by atoms with Crippen molar-refractivity contribution in [3.05, 3.63) is 101 Å². The number of carbonyl (C=O) groups is 1. The molecular formula is C31H30N8O3. The number of anilines is 3. The fourth-order valence-corrected chi connectivity index (χ4v) is 5.00. The van der Waals surface area contributed by atoms with E-state index in [-0.39, 0.29) is 16.9 Å². The minimum atomic E-state index is -0.483. The lowest BCUT2D eigenvalue weighted by molar-refractivity contribution is 0.102. The molecule has 0 radical (unpaired) electrons. The van der Waals surface area contributed by atoms with Crippen LogP contribution < -0.4 is 21.5 Å². The van der Waals surface area contributed by atoms with Gasteiger partial charge in [0.05, 0.1) is 36.5 Å². The van der Waals surface area contributed by atoms with E-state index < -0.39 is 5.91 Å². The van der Waals surface area contributed by atoms with Crippen molar-refractivity contribution in [3.8, 4) is 28.3 Å². The van der Waals surface area contributed by atoms with E-state index >= 15 is 0 Å². The van der Waals surface area contributed by atoms with Gasteiger partial charge in [-0.15, -0.1) is 0 Å². The number of nitrogens with one attached hydrogen (secondary N) is 1. The molecule has 0 unspecified atom stereocenters. The minimum absolute atomic E-state index is 0.0834. The third kappa shape index (κ3) is 5.13. The van der Waals surface area contributed by atoms with Gasteiger partial charge in [0.2, 0.25) is 0 Å². The number of pyridine rings is 1. The van der Waals surface area contributed by atoms with Gasteiger partial charge in [0.15, 0.2) is 0 Å². The minimum Gasteiger partial charge on any atom is -0.382 e.